The number of urea groups is 1. The molecule has 0 fully saturated rings. The smallest absolute Gasteiger partial charge is 0.341 e. The molecule has 0 spiro atoms. The Morgan fingerprint density at radius 2 is 1.96 bits per heavy atom. The number of thiophene rings is 1. The van der Waals surface area contributed by atoms with Crippen molar-refractivity contribution in [2.45, 2.75) is 26.3 Å². The number of aryl methyl sites for hydroxylation is 1. The molecule has 1 aromatic carbocycles. The van der Waals surface area contributed by atoms with Crippen LogP contribution in [-0.2, 0) is 4.74 Å². The highest BCUT2D eigenvalue weighted by molar-refractivity contribution is 7.17. The Bertz CT molecular complexity index is 729. The van der Waals surface area contributed by atoms with E-state index in [9.17, 15) is 9.59 Å². The lowest BCUT2D eigenvalue weighted by atomic mass is 10.0. The number of esters is 1. The van der Waals surface area contributed by atoms with E-state index < -0.39 is 17.5 Å². The quantitative estimate of drug-likeness (QED) is 0.461. The van der Waals surface area contributed by atoms with E-state index in [1.807, 2.05) is 37.3 Å². The number of nitrogens with one attached hydrogen (secondary N) is 2. The lowest BCUT2D eigenvalue weighted by Gasteiger charge is -2.10. The van der Waals surface area contributed by atoms with Crippen molar-refractivity contribution >= 4 is 39.9 Å². The minimum atomic E-state index is -0.523. The fraction of sp³-hybridized carbons (Fsp3) is 0.294. The molecule has 1 heterocycles. The molecule has 0 aliphatic heterocycles. The Kier molecular flexibility index (Phi) is 6.23. The van der Waals surface area contributed by atoms with Crippen molar-refractivity contribution in [3.05, 3.63) is 40.8 Å². The topological polar surface area (TPSA) is 67.4 Å². The Morgan fingerprint density at radius 3 is 2.54 bits per heavy atom. The second-order valence-electron chi connectivity index (χ2n) is 5.04. The number of hydrogen-bond donors (Lipinski definition) is 2. The molecule has 2 rings (SSSR count). The maximum atomic E-state index is 12.5. The average molecular weight is 367 g/mol. The summed E-state index contributed by atoms with van der Waals surface area (Å²) in [5.74, 6) is -0.463. The van der Waals surface area contributed by atoms with Crippen molar-refractivity contribution in [3.8, 4) is 11.1 Å². The van der Waals surface area contributed by atoms with Crippen LogP contribution in [0.2, 0.25) is 0 Å². The molecule has 1 atom stereocenters. The van der Waals surface area contributed by atoms with Crippen LogP contribution >= 0.6 is 22.9 Å². The van der Waals surface area contributed by atoms with Crippen molar-refractivity contribution in [3.63, 3.8) is 0 Å². The fourth-order valence-electron chi connectivity index (χ4n) is 2.30. The van der Waals surface area contributed by atoms with Gasteiger partial charge in [0.15, 0.2) is 0 Å². The number of rotatable bonds is 5. The molecule has 2 aromatic rings. The molecule has 0 saturated heterocycles. The third-order valence-electron chi connectivity index (χ3n) is 3.18. The number of halogens is 1. The maximum absolute atomic E-state index is 12.5. The molecule has 24 heavy (non-hydrogen) atoms. The van der Waals surface area contributed by atoms with Crippen LogP contribution in [0.4, 0.5) is 9.80 Å². The van der Waals surface area contributed by atoms with Crippen molar-refractivity contribution in [2.75, 3.05) is 11.9 Å². The van der Waals surface area contributed by atoms with Crippen LogP contribution in [-0.4, -0.2) is 24.1 Å². The minimum absolute atomic E-state index is 0.256. The molecule has 2 amide bonds. The van der Waals surface area contributed by atoms with Gasteiger partial charge >= 0.3 is 12.0 Å². The predicted octanol–water partition coefficient (Wildman–Crippen LogP) is 4.61. The molecular weight excluding hydrogens is 348 g/mol. The number of alkyl halides is 1. The van der Waals surface area contributed by atoms with Crippen LogP contribution in [0.25, 0.3) is 11.1 Å². The van der Waals surface area contributed by atoms with Gasteiger partial charge in [-0.3, -0.25) is 5.32 Å². The fourth-order valence-corrected chi connectivity index (χ4v) is 3.46. The standard InChI is InChI=1S/C17H19ClN2O3S/c1-4-23-16(21)14-13(12-8-6-5-7-9-12)10(2)24-15(14)20-17(22)19-11(3)18/h5-9,11H,4H2,1-3H3,(H2,19,20,22). The lowest BCUT2D eigenvalue weighted by Crippen LogP contribution is -2.33. The first-order valence-corrected chi connectivity index (χ1v) is 8.76. The molecule has 5 nitrogen and oxygen atoms in total. The summed E-state index contributed by atoms with van der Waals surface area (Å²) in [5, 5.41) is 5.67. The second-order valence-corrected chi connectivity index (χ2v) is 6.92. The zero-order chi connectivity index (χ0) is 17.7. The van der Waals surface area contributed by atoms with Crippen LogP contribution in [0.15, 0.2) is 30.3 Å². The first-order chi connectivity index (χ1) is 11.4. The van der Waals surface area contributed by atoms with Gasteiger partial charge < -0.3 is 10.1 Å². The van der Waals surface area contributed by atoms with E-state index in [2.05, 4.69) is 10.6 Å². The van der Waals surface area contributed by atoms with Crippen LogP contribution < -0.4 is 10.6 Å². The summed E-state index contributed by atoms with van der Waals surface area (Å²) in [6, 6.07) is 9.07. The molecule has 0 radical (unpaired) electrons. The van der Waals surface area contributed by atoms with Crippen molar-refractivity contribution < 1.29 is 14.3 Å². The normalized spacial score (nSPS) is 11.7. The van der Waals surface area contributed by atoms with Crippen LogP contribution in [0, 0.1) is 6.92 Å². The first-order valence-electron chi connectivity index (χ1n) is 7.51. The van der Waals surface area contributed by atoms with Crippen molar-refractivity contribution in [1.29, 1.82) is 0 Å². The highest BCUT2D eigenvalue weighted by Crippen LogP contribution is 2.40. The highest BCUT2D eigenvalue weighted by atomic mass is 35.5. The third kappa shape index (κ3) is 4.27. The zero-order valence-electron chi connectivity index (χ0n) is 13.7. The van der Waals surface area contributed by atoms with Crippen molar-refractivity contribution in [1.82, 2.24) is 5.32 Å². The summed E-state index contributed by atoms with van der Waals surface area (Å²) in [6.45, 7) is 5.55. The third-order valence-corrected chi connectivity index (χ3v) is 4.31. The van der Waals surface area contributed by atoms with Crippen LogP contribution in [0.5, 0.6) is 0 Å². The van der Waals surface area contributed by atoms with E-state index in [0.29, 0.717) is 10.6 Å². The van der Waals surface area contributed by atoms with E-state index >= 15 is 0 Å². The zero-order valence-corrected chi connectivity index (χ0v) is 15.3. The largest absolute Gasteiger partial charge is 0.462 e. The molecule has 2 N–H and O–H groups in total. The average Bonchev–Trinajstić information content (AvgIpc) is 2.83. The number of benzene rings is 1. The maximum Gasteiger partial charge on any atom is 0.341 e. The number of ether oxygens (including phenoxy) is 1. The van der Waals surface area contributed by atoms with Gasteiger partial charge in [0, 0.05) is 10.4 Å². The van der Waals surface area contributed by atoms with Gasteiger partial charge in [-0.05, 0) is 26.3 Å². The predicted molar refractivity (Wildman–Crippen MR) is 97.9 cm³/mol. The van der Waals surface area contributed by atoms with Crippen LogP contribution in [0.3, 0.4) is 0 Å². The number of carbonyl (C=O) groups is 2. The highest BCUT2D eigenvalue weighted by Gasteiger charge is 2.25. The van der Waals surface area contributed by atoms with Crippen molar-refractivity contribution in [2.24, 2.45) is 0 Å². The molecule has 1 aromatic heterocycles. The molecule has 0 aliphatic carbocycles. The SMILES string of the molecule is CCOC(=O)c1c(NC(=O)NC(C)Cl)sc(C)c1-c1ccccc1. The van der Waals surface area contributed by atoms with Gasteiger partial charge in [-0.1, -0.05) is 41.9 Å². The lowest BCUT2D eigenvalue weighted by molar-refractivity contribution is 0.0529. The summed E-state index contributed by atoms with van der Waals surface area (Å²) in [4.78, 5) is 25.3. The second kappa shape index (κ2) is 8.17. The van der Waals surface area contributed by atoms with E-state index in [-0.39, 0.29) is 6.61 Å². The van der Waals surface area contributed by atoms with Gasteiger partial charge in [0.25, 0.3) is 0 Å². The Balaban J connectivity index is 2.48. The van der Waals surface area contributed by atoms with E-state index in [1.165, 1.54) is 11.3 Å². The Hall–Kier alpha value is -2.05. The molecule has 0 saturated carbocycles. The van der Waals surface area contributed by atoms with Gasteiger partial charge in [-0.15, -0.1) is 11.3 Å². The number of anilines is 1. The number of hydrogen-bond acceptors (Lipinski definition) is 4. The minimum Gasteiger partial charge on any atom is -0.462 e. The summed E-state index contributed by atoms with van der Waals surface area (Å²) >= 11 is 7.09. The molecular formula is C17H19ClN2O3S. The van der Waals surface area contributed by atoms with Gasteiger partial charge in [-0.2, -0.15) is 0 Å². The summed E-state index contributed by atoms with van der Waals surface area (Å²) in [5.41, 5.74) is 1.51. The van der Waals surface area contributed by atoms with Crippen LogP contribution in [0.1, 0.15) is 29.1 Å². The van der Waals surface area contributed by atoms with E-state index in [0.717, 1.165) is 16.0 Å². The molecule has 0 aliphatic rings. The molecule has 7 heteroatoms. The molecule has 0 bridgehead atoms. The first kappa shape index (κ1) is 18.3. The number of carbonyl (C=O) groups excluding carboxylic acids is 2. The molecule has 1 unspecified atom stereocenters. The summed E-state index contributed by atoms with van der Waals surface area (Å²) in [6.07, 6.45) is 0. The Labute approximate surface area is 150 Å². The number of amides is 2. The summed E-state index contributed by atoms with van der Waals surface area (Å²) < 4.78 is 5.18. The van der Waals surface area contributed by atoms with E-state index in [1.54, 1.807) is 13.8 Å². The summed E-state index contributed by atoms with van der Waals surface area (Å²) in [7, 11) is 0. The monoisotopic (exact) mass is 366 g/mol. The van der Waals surface area contributed by atoms with Gasteiger partial charge in [0.1, 0.15) is 16.1 Å². The molecule has 128 valence electrons. The Morgan fingerprint density at radius 1 is 1.29 bits per heavy atom. The van der Waals surface area contributed by atoms with Gasteiger partial charge in [-0.25, -0.2) is 9.59 Å². The van der Waals surface area contributed by atoms with Gasteiger partial charge in [0.05, 0.1) is 6.61 Å². The van der Waals surface area contributed by atoms with Gasteiger partial charge in [0.2, 0.25) is 0 Å². The van der Waals surface area contributed by atoms with E-state index in [4.69, 9.17) is 16.3 Å².